The molecule has 0 atom stereocenters. The highest BCUT2D eigenvalue weighted by atomic mass is 32.2. The predicted octanol–water partition coefficient (Wildman–Crippen LogP) is 1.37. The molecule has 0 spiro atoms. The molecule has 1 aromatic rings. The minimum absolute atomic E-state index is 0.0253. The molecular weight excluding hydrogens is 278 g/mol. The van der Waals surface area contributed by atoms with Gasteiger partial charge in [-0.15, -0.1) is 0 Å². The lowest BCUT2D eigenvalue weighted by atomic mass is 10.1. The first-order chi connectivity index (χ1) is 9.51. The predicted molar refractivity (Wildman–Crippen MR) is 76.1 cm³/mol. The SMILES string of the molecule is CCCS(=O)(=O)N1CCC(Oc2ccnc(C)n2)CC1. The molecule has 0 unspecified atom stereocenters. The third-order valence-corrected chi connectivity index (χ3v) is 5.37. The van der Waals surface area contributed by atoms with Crippen molar-refractivity contribution >= 4 is 10.0 Å². The van der Waals surface area contributed by atoms with Crippen LogP contribution in [0.1, 0.15) is 32.0 Å². The lowest BCUT2D eigenvalue weighted by Crippen LogP contribution is -2.42. The maximum atomic E-state index is 12.0. The van der Waals surface area contributed by atoms with Crippen LogP contribution in [0.25, 0.3) is 0 Å². The van der Waals surface area contributed by atoms with Gasteiger partial charge in [0.1, 0.15) is 11.9 Å². The summed E-state index contributed by atoms with van der Waals surface area (Å²) in [6, 6.07) is 1.73. The first-order valence-electron chi connectivity index (χ1n) is 6.95. The first-order valence-corrected chi connectivity index (χ1v) is 8.56. The number of hydrogen-bond donors (Lipinski definition) is 0. The Bertz CT molecular complexity index is 540. The van der Waals surface area contributed by atoms with Crippen LogP contribution in [0.2, 0.25) is 0 Å². The molecule has 0 amide bonds. The second kappa shape index (κ2) is 6.49. The number of hydrogen-bond acceptors (Lipinski definition) is 5. The van der Waals surface area contributed by atoms with Crippen LogP contribution in [-0.2, 0) is 10.0 Å². The molecule has 0 aliphatic carbocycles. The van der Waals surface area contributed by atoms with Crippen molar-refractivity contribution in [3.05, 3.63) is 18.1 Å². The molecule has 0 N–H and O–H groups in total. The second-order valence-electron chi connectivity index (χ2n) is 4.97. The molecule has 112 valence electrons. The Morgan fingerprint density at radius 2 is 2.10 bits per heavy atom. The maximum Gasteiger partial charge on any atom is 0.216 e. The molecule has 1 aliphatic rings. The van der Waals surface area contributed by atoms with E-state index in [9.17, 15) is 8.42 Å². The van der Waals surface area contributed by atoms with Gasteiger partial charge in [-0.3, -0.25) is 0 Å². The molecule has 20 heavy (non-hydrogen) atoms. The molecule has 1 aliphatic heterocycles. The van der Waals surface area contributed by atoms with E-state index in [-0.39, 0.29) is 11.9 Å². The Morgan fingerprint density at radius 1 is 1.40 bits per heavy atom. The summed E-state index contributed by atoms with van der Waals surface area (Å²) in [5, 5.41) is 0. The van der Waals surface area contributed by atoms with Gasteiger partial charge in [-0.25, -0.2) is 17.7 Å². The van der Waals surface area contributed by atoms with Crippen molar-refractivity contribution in [3.8, 4) is 5.88 Å². The van der Waals surface area contributed by atoms with E-state index in [0.29, 0.717) is 44.1 Å². The van der Waals surface area contributed by atoms with Crippen LogP contribution in [0, 0.1) is 6.92 Å². The number of piperidine rings is 1. The fraction of sp³-hybridized carbons (Fsp3) is 0.692. The zero-order valence-corrected chi connectivity index (χ0v) is 12.8. The molecule has 1 saturated heterocycles. The number of aryl methyl sites for hydroxylation is 1. The van der Waals surface area contributed by atoms with E-state index >= 15 is 0 Å². The minimum atomic E-state index is -3.08. The summed E-state index contributed by atoms with van der Waals surface area (Å²) in [6.07, 6.45) is 3.74. The molecule has 0 bridgehead atoms. The standard InChI is InChI=1S/C13H21N3O3S/c1-3-10-20(17,18)16-8-5-12(6-9-16)19-13-4-7-14-11(2)15-13/h4,7,12H,3,5-6,8-10H2,1-2H3. The Labute approximate surface area is 120 Å². The van der Waals surface area contributed by atoms with Crippen molar-refractivity contribution in [1.29, 1.82) is 0 Å². The van der Waals surface area contributed by atoms with Gasteiger partial charge >= 0.3 is 0 Å². The zero-order chi connectivity index (χ0) is 14.6. The van der Waals surface area contributed by atoms with E-state index in [2.05, 4.69) is 9.97 Å². The van der Waals surface area contributed by atoms with Crippen LogP contribution in [0.5, 0.6) is 5.88 Å². The molecule has 7 heteroatoms. The number of rotatable bonds is 5. The van der Waals surface area contributed by atoms with Gasteiger partial charge in [0.25, 0.3) is 0 Å². The zero-order valence-electron chi connectivity index (χ0n) is 11.9. The molecule has 1 aromatic heterocycles. The normalized spacial score (nSPS) is 18.1. The smallest absolute Gasteiger partial charge is 0.216 e. The third-order valence-electron chi connectivity index (χ3n) is 3.29. The van der Waals surface area contributed by atoms with E-state index in [4.69, 9.17) is 4.74 Å². The average Bonchev–Trinajstić information content (AvgIpc) is 2.39. The van der Waals surface area contributed by atoms with Crippen LogP contribution in [0.3, 0.4) is 0 Å². The van der Waals surface area contributed by atoms with E-state index in [1.165, 1.54) is 0 Å². The van der Waals surface area contributed by atoms with Gasteiger partial charge in [-0.2, -0.15) is 4.98 Å². The van der Waals surface area contributed by atoms with Gasteiger partial charge in [0, 0.05) is 25.4 Å². The average molecular weight is 299 g/mol. The number of nitrogens with zero attached hydrogens (tertiary/aromatic N) is 3. The van der Waals surface area contributed by atoms with E-state index in [0.717, 1.165) is 0 Å². The quantitative estimate of drug-likeness (QED) is 0.821. The summed E-state index contributed by atoms with van der Waals surface area (Å²) in [4.78, 5) is 8.22. The molecule has 2 rings (SSSR count). The molecule has 0 radical (unpaired) electrons. The second-order valence-corrected chi connectivity index (χ2v) is 7.06. The summed E-state index contributed by atoms with van der Waals surface area (Å²) in [7, 11) is -3.08. The Hall–Kier alpha value is -1.21. The monoisotopic (exact) mass is 299 g/mol. The summed E-state index contributed by atoms with van der Waals surface area (Å²) in [5.74, 6) is 1.46. The first kappa shape index (κ1) is 15.2. The molecule has 0 saturated carbocycles. The van der Waals surface area contributed by atoms with E-state index < -0.39 is 10.0 Å². The van der Waals surface area contributed by atoms with Crippen molar-refractivity contribution in [2.24, 2.45) is 0 Å². The molecular formula is C13H21N3O3S. The van der Waals surface area contributed by atoms with Crippen LogP contribution in [0.4, 0.5) is 0 Å². The summed E-state index contributed by atoms with van der Waals surface area (Å²) >= 11 is 0. The van der Waals surface area contributed by atoms with Crippen molar-refractivity contribution in [3.63, 3.8) is 0 Å². The van der Waals surface area contributed by atoms with E-state index in [1.807, 2.05) is 13.8 Å². The summed E-state index contributed by atoms with van der Waals surface area (Å²) < 4.78 is 31.3. The third kappa shape index (κ3) is 3.89. The van der Waals surface area contributed by atoms with Gasteiger partial charge in [0.05, 0.1) is 5.75 Å². The van der Waals surface area contributed by atoms with Gasteiger partial charge < -0.3 is 4.74 Å². The highest BCUT2D eigenvalue weighted by molar-refractivity contribution is 7.89. The molecule has 6 nitrogen and oxygen atoms in total. The number of ether oxygens (including phenoxy) is 1. The highest BCUT2D eigenvalue weighted by Gasteiger charge is 2.28. The lowest BCUT2D eigenvalue weighted by molar-refractivity contribution is 0.129. The fourth-order valence-corrected chi connectivity index (χ4v) is 3.83. The topological polar surface area (TPSA) is 72.4 Å². The van der Waals surface area contributed by atoms with Crippen molar-refractivity contribution in [2.45, 2.75) is 39.2 Å². The number of sulfonamides is 1. The van der Waals surface area contributed by atoms with Crippen molar-refractivity contribution in [1.82, 2.24) is 14.3 Å². The Kier molecular flexibility index (Phi) is 4.93. The van der Waals surface area contributed by atoms with Crippen LogP contribution < -0.4 is 4.74 Å². The highest BCUT2D eigenvalue weighted by Crippen LogP contribution is 2.19. The van der Waals surface area contributed by atoms with Crippen molar-refractivity contribution in [2.75, 3.05) is 18.8 Å². The fourth-order valence-electron chi connectivity index (χ4n) is 2.29. The minimum Gasteiger partial charge on any atom is -0.474 e. The Morgan fingerprint density at radius 3 is 2.70 bits per heavy atom. The van der Waals surface area contributed by atoms with Gasteiger partial charge in [-0.05, 0) is 26.2 Å². The summed E-state index contributed by atoms with van der Waals surface area (Å²) in [5.41, 5.74) is 0. The van der Waals surface area contributed by atoms with Gasteiger partial charge in [-0.1, -0.05) is 6.92 Å². The largest absolute Gasteiger partial charge is 0.474 e. The van der Waals surface area contributed by atoms with Crippen LogP contribution >= 0.6 is 0 Å². The van der Waals surface area contributed by atoms with Crippen LogP contribution in [-0.4, -0.2) is 47.6 Å². The molecule has 2 heterocycles. The summed E-state index contributed by atoms with van der Waals surface area (Å²) in [6.45, 7) is 4.74. The lowest BCUT2D eigenvalue weighted by Gasteiger charge is -2.31. The van der Waals surface area contributed by atoms with Crippen LogP contribution in [0.15, 0.2) is 12.3 Å². The Balaban J connectivity index is 1.89. The molecule has 1 fully saturated rings. The molecule has 0 aromatic carbocycles. The van der Waals surface area contributed by atoms with E-state index in [1.54, 1.807) is 16.6 Å². The number of aromatic nitrogens is 2. The van der Waals surface area contributed by atoms with Gasteiger partial charge in [0.2, 0.25) is 15.9 Å². The van der Waals surface area contributed by atoms with Crippen molar-refractivity contribution < 1.29 is 13.2 Å². The van der Waals surface area contributed by atoms with Gasteiger partial charge in [0.15, 0.2) is 0 Å². The maximum absolute atomic E-state index is 12.0.